The van der Waals surface area contributed by atoms with E-state index in [2.05, 4.69) is 10.3 Å². The van der Waals surface area contributed by atoms with Gasteiger partial charge in [-0.2, -0.15) is 0 Å². The fraction of sp³-hybridized carbons (Fsp3) is 0.200. The lowest BCUT2D eigenvalue weighted by Gasteiger charge is -2.15. The van der Waals surface area contributed by atoms with Crippen molar-refractivity contribution in [2.24, 2.45) is 0 Å². The number of pyridine rings is 1. The smallest absolute Gasteiger partial charge is 0.255 e. The van der Waals surface area contributed by atoms with Gasteiger partial charge in [0.25, 0.3) is 5.91 Å². The van der Waals surface area contributed by atoms with Gasteiger partial charge >= 0.3 is 0 Å². The summed E-state index contributed by atoms with van der Waals surface area (Å²) in [5, 5.41) is 3.84. The standard InChI is InChI=1S/C15H16ClN3O/c1-19(2)15(20)13-4-3-12(16)9-14(13)18-10-11-5-7-17-8-6-11/h3-9,18H,10H2,1-2H3. The second-order valence-electron chi connectivity index (χ2n) is 4.60. The Balaban J connectivity index is 2.21. The summed E-state index contributed by atoms with van der Waals surface area (Å²) in [5.41, 5.74) is 2.42. The van der Waals surface area contributed by atoms with Crippen molar-refractivity contribution >= 4 is 23.2 Å². The monoisotopic (exact) mass is 289 g/mol. The minimum absolute atomic E-state index is 0.0566. The number of benzene rings is 1. The Morgan fingerprint density at radius 3 is 2.60 bits per heavy atom. The number of amides is 1. The van der Waals surface area contributed by atoms with Crippen LogP contribution in [0.3, 0.4) is 0 Å². The summed E-state index contributed by atoms with van der Waals surface area (Å²) in [6, 6.07) is 9.06. The Bertz CT molecular complexity index is 599. The van der Waals surface area contributed by atoms with Gasteiger partial charge in [-0.3, -0.25) is 9.78 Å². The van der Waals surface area contributed by atoms with E-state index in [9.17, 15) is 4.79 Å². The van der Waals surface area contributed by atoms with Crippen LogP contribution in [0.25, 0.3) is 0 Å². The molecule has 0 aliphatic heterocycles. The van der Waals surface area contributed by atoms with Crippen molar-refractivity contribution in [3.8, 4) is 0 Å². The van der Waals surface area contributed by atoms with Gasteiger partial charge in [0.05, 0.1) is 5.56 Å². The highest BCUT2D eigenvalue weighted by Crippen LogP contribution is 2.22. The lowest BCUT2D eigenvalue weighted by molar-refractivity contribution is 0.0828. The molecule has 5 heteroatoms. The number of halogens is 1. The summed E-state index contributed by atoms with van der Waals surface area (Å²) in [7, 11) is 3.45. The summed E-state index contributed by atoms with van der Waals surface area (Å²) < 4.78 is 0. The average molecular weight is 290 g/mol. The van der Waals surface area contributed by atoms with E-state index in [1.165, 1.54) is 0 Å². The third kappa shape index (κ3) is 3.48. The van der Waals surface area contributed by atoms with E-state index in [1.54, 1.807) is 49.6 Å². The van der Waals surface area contributed by atoms with E-state index in [0.29, 0.717) is 17.1 Å². The predicted octanol–water partition coefficient (Wildman–Crippen LogP) is 3.05. The fourth-order valence-corrected chi connectivity index (χ4v) is 1.96. The van der Waals surface area contributed by atoms with Gasteiger partial charge in [-0.05, 0) is 35.9 Å². The van der Waals surface area contributed by atoms with Gasteiger partial charge in [0.1, 0.15) is 0 Å². The van der Waals surface area contributed by atoms with Gasteiger partial charge in [-0.25, -0.2) is 0 Å². The molecule has 2 rings (SSSR count). The highest BCUT2D eigenvalue weighted by molar-refractivity contribution is 6.31. The molecule has 1 N–H and O–H groups in total. The number of rotatable bonds is 4. The molecular weight excluding hydrogens is 274 g/mol. The zero-order valence-corrected chi connectivity index (χ0v) is 12.2. The zero-order chi connectivity index (χ0) is 14.5. The first-order valence-electron chi connectivity index (χ1n) is 6.22. The molecule has 20 heavy (non-hydrogen) atoms. The van der Waals surface area contributed by atoms with Crippen LogP contribution in [0, 0.1) is 0 Å². The summed E-state index contributed by atoms with van der Waals surface area (Å²) in [6.07, 6.45) is 3.47. The van der Waals surface area contributed by atoms with Crippen molar-refractivity contribution in [3.05, 3.63) is 58.9 Å². The topological polar surface area (TPSA) is 45.2 Å². The molecule has 1 aromatic carbocycles. The number of nitrogens with zero attached hydrogens (tertiary/aromatic N) is 2. The number of carbonyl (C=O) groups excluding carboxylic acids is 1. The molecule has 104 valence electrons. The quantitative estimate of drug-likeness (QED) is 0.941. The van der Waals surface area contributed by atoms with Gasteiger partial charge in [0.2, 0.25) is 0 Å². The first-order valence-corrected chi connectivity index (χ1v) is 6.59. The van der Waals surface area contributed by atoms with Gasteiger partial charge in [0.15, 0.2) is 0 Å². The van der Waals surface area contributed by atoms with Crippen molar-refractivity contribution in [1.29, 1.82) is 0 Å². The Hall–Kier alpha value is -2.07. The average Bonchev–Trinajstić information content (AvgIpc) is 2.45. The SMILES string of the molecule is CN(C)C(=O)c1ccc(Cl)cc1NCc1ccncc1. The normalized spacial score (nSPS) is 10.2. The van der Waals surface area contributed by atoms with E-state index in [4.69, 9.17) is 11.6 Å². The number of anilines is 1. The van der Waals surface area contributed by atoms with Crippen LogP contribution < -0.4 is 5.32 Å². The van der Waals surface area contributed by atoms with Crippen LogP contribution in [0.1, 0.15) is 15.9 Å². The maximum atomic E-state index is 12.1. The van der Waals surface area contributed by atoms with Crippen molar-refractivity contribution in [2.75, 3.05) is 19.4 Å². The Labute approximate surface area is 123 Å². The Morgan fingerprint density at radius 2 is 1.95 bits per heavy atom. The van der Waals surface area contributed by atoms with Crippen LogP contribution in [-0.2, 0) is 6.54 Å². The number of hydrogen-bond acceptors (Lipinski definition) is 3. The molecule has 2 aromatic rings. The van der Waals surface area contributed by atoms with E-state index in [0.717, 1.165) is 11.3 Å². The molecule has 1 amide bonds. The molecule has 0 atom stereocenters. The second kappa shape index (κ2) is 6.39. The Kier molecular flexibility index (Phi) is 4.58. The lowest BCUT2D eigenvalue weighted by Crippen LogP contribution is -2.23. The van der Waals surface area contributed by atoms with E-state index >= 15 is 0 Å². The van der Waals surface area contributed by atoms with E-state index in [-0.39, 0.29) is 5.91 Å². The highest BCUT2D eigenvalue weighted by atomic mass is 35.5. The molecule has 1 heterocycles. The molecule has 0 aliphatic carbocycles. The van der Waals surface area contributed by atoms with Gasteiger partial charge in [-0.1, -0.05) is 11.6 Å². The minimum atomic E-state index is -0.0566. The largest absolute Gasteiger partial charge is 0.380 e. The predicted molar refractivity (Wildman–Crippen MR) is 81.0 cm³/mol. The van der Waals surface area contributed by atoms with Crippen LogP contribution in [-0.4, -0.2) is 29.9 Å². The number of nitrogens with one attached hydrogen (secondary N) is 1. The Morgan fingerprint density at radius 1 is 1.25 bits per heavy atom. The maximum absolute atomic E-state index is 12.1. The molecular formula is C15H16ClN3O. The number of aromatic nitrogens is 1. The molecule has 0 saturated heterocycles. The molecule has 0 bridgehead atoms. The van der Waals surface area contributed by atoms with Gasteiger partial charge in [0, 0.05) is 43.7 Å². The van der Waals surface area contributed by atoms with Crippen molar-refractivity contribution in [1.82, 2.24) is 9.88 Å². The molecule has 0 saturated carbocycles. The van der Waals surface area contributed by atoms with E-state index < -0.39 is 0 Å². The van der Waals surface area contributed by atoms with E-state index in [1.807, 2.05) is 12.1 Å². The van der Waals surface area contributed by atoms with Gasteiger partial charge < -0.3 is 10.2 Å². The van der Waals surface area contributed by atoms with Crippen molar-refractivity contribution in [3.63, 3.8) is 0 Å². The van der Waals surface area contributed by atoms with Crippen LogP contribution >= 0.6 is 11.6 Å². The zero-order valence-electron chi connectivity index (χ0n) is 11.4. The van der Waals surface area contributed by atoms with Gasteiger partial charge in [-0.15, -0.1) is 0 Å². The first-order chi connectivity index (χ1) is 9.58. The third-order valence-corrected chi connectivity index (χ3v) is 3.09. The third-order valence-electron chi connectivity index (χ3n) is 2.85. The molecule has 0 unspecified atom stereocenters. The van der Waals surface area contributed by atoms with Crippen molar-refractivity contribution in [2.45, 2.75) is 6.54 Å². The number of carbonyl (C=O) groups is 1. The summed E-state index contributed by atoms with van der Waals surface area (Å²) >= 11 is 6.01. The maximum Gasteiger partial charge on any atom is 0.255 e. The molecule has 0 radical (unpaired) electrons. The van der Waals surface area contributed by atoms with Crippen LogP contribution in [0.15, 0.2) is 42.7 Å². The summed E-state index contributed by atoms with van der Waals surface area (Å²) in [6.45, 7) is 0.608. The molecule has 0 aliphatic rings. The van der Waals surface area contributed by atoms with Crippen LogP contribution in [0.2, 0.25) is 5.02 Å². The molecule has 0 spiro atoms. The minimum Gasteiger partial charge on any atom is -0.380 e. The molecule has 0 fully saturated rings. The van der Waals surface area contributed by atoms with Crippen LogP contribution in [0.5, 0.6) is 0 Å². The first kappa shape index (κ1) is 14.3. The summed E-state index contributed by atoms with van der Waals surface area (Å²) in [4.78, 5) is 17.6. The number of hydrogen-bond donors (Lipinski definition) is 1. The summed E-state index contributed by atoms with van der Waals surface area (Å²) in [5.74, 6) is -0.0566. The highest BCUT2D eigenvalue weighted by Gasteiger charge is 2.13. The van der Waals surface area contributed by atoms with Crippen molar-refractivity contribution < 1.29 is 4.79 Å². The fourth-order valence-electron chi connectivity index (χ4n) is 1.79. The lowest BCUT2D eigenvalue weighted by atomic mass is 10.1. The van der Waals surface area contributed by atoms with Crippen LogP contribution in [0.4, 0.5) is 5.69 Å². The second-order valence-corrected chi connectivity index (χ2v) is 5.03. The molecule has 1 aromatic heterocycles. The molecule has 4 nitrogen and oxygen atoms in total.